The average Bonchev–Trinajstić information content (AvgIpc) is 2.64. The number of hydrogen-bond acceptors (Lipinski definition) is 3. The van der Waals surface area contributed by atoms with Gasteiger partial charge in [-0.2, -0.15) is 0 Å². The van der Waals surface area contributed by atoms with Crippen molar-refractivity contribution >= 4 is 23.2 Å². The fourth-order valence-electron chi connectivity index (χ4n) is 2.63. The minimum Gasteiger partial charge on any atom is -0.493 e. The van der Waals surface area contributed by atoms with E-state index in [0.29, 0.717) is 30.3 Å². The van der Waals surface area contributed by atoms with Crippen molar-refractivity contribution in [2.24, 2.45) is 0 Å². The Labute approximate surface area is 164 Å². The lowest BCUT2D eigenvalue weighted by molar-refractivity contribution is -0.907. The van der Waals surface area contributed by atoms with Gasteiger partial charge in [-0.3, -0.25) is 4.79 Å². The van der Waals surface area contributed by atoms with Gasteiger partial charge in [-0.1, -0.05) is 11.6 Å². The van der Waals surface area contributed by atoms with Crippen LogP contribution in [0.3, 0.4) is 0 Å². The molecule has 0 spiro atoms. The topological polar surface area (TPSA) is 52.0 Å². The van der Waals surface area contributed by atoms with Gasteiger partial charge >= 0.3 is 0 Å². The summed E-state index contributed by atoms with van der Waals surface area (Å²) < 4.78 is 24.0. The molecule has 0 aliphatic carbocycles. The van der Waals surface area contributed by atoms with E-state index in [0.717, 1.165) is 10.5 Å². The molecular formula is C20H25ClFN2O3+. The molecule has 0 saturated carbocycles. The molecule has 2 aromatic carbocycles. The smallest absolute Gasteiger partial charge is 0.282 e. The van der Waals surface area contributed by atoms with Crippen molar-refractivity contribution in [1.29, 1.82) is 0 Å². The summed E-state index contributed by atoms with van der Waals surface area (Å²) in [5.41, 5.74) is 1.41. The van der Waals surface area contributed by atoms with Crippen molar-refractivity contribution in [2.75, 3.05) is 26.1 Å². The van der Waals surface area contributed by atoms with Crippen LogP contribution < -0.4 is 19.7 Å². The van der Waals surface area contributed by atoms with Crippen molar-refractivity contribution in [1.82, 2.24) is 0 Å². The maximum atomic E-state index is 13.1. The predicted molar refractivity (Wildman–Crippen MR) is 104 cm³/mol. The van der Waals surface area contributed by atoms with Gasteiger partial charge in [0.15, 0.2) is 17.5 Å². The number of benzene rings is 2. The Morgan fingerprint density at radius 2 is 2.00 bits per heavy atom. The van der Waals surface area contributed by atoms with Gasteiger partial charge in [0.05, 0.1) is 31.5 Å². The van der Waals surface area contributed by atoms with Crippen LogP contribution in [0.2, 0.25) is 5.02 Å². The van der Waals surface area contributed by atoms with E-state index < -0.39 is 5.82 Å². The minimum absolute atomic E-state index is 0.171. The van der Waals surface area contributed by atoms with Gasteiger partial charge in [0.25, 0.3) is 5.91 Å². The number of amides is 1. The van der Waals surface area contributed by atoms with Crippen molar-refractivity contribution in [3.05, 3.63) is 52.8 Å². The summed E-state index contributed by atoms with van der Waals surface area (Å²) in [5, 5.41) is 2.92. The summed E-state index contributed by atoms with van der Waals surface area (Å²) in [5.74, 6) is 0.715. The lowest BCUT2D eigenvalue weighted by Gasteiger charge is -2.22. The van der Waals surface area contributed by atoms with Crippen LogP contribution in [0.1, 0.15) is 19.4 Å². The first-order valence-corrected chi connectivity index (χ1v) is 9.11. The molecular weight excluding hydrogens is 371 g/mol. The third kappa shape index (κ3) is 5.58. The van der Waals surface area contributed by atoms with E-state index >= 15 is 0 Å². The van der Waals surface area contributed by atoms with E-state index in [1.54, 1.807) is 7.11 Å². The van der Waals surface area contributed by atoms with E-state index in [2.05, 4.69) is 5.32 Å². The van der Waals surface area contributed by atoms with Crippen molar-refractivity contribution in [2.45, 2.75) is 26.4 Å². The van der Waals surface area contributed by atoms with Crippen LogP contribution in [-0.2, 0) is 11.3 Å². The van der Waals surface area contributed by atoms with Gasteiger partial charge in [-0.15, -0.1) is 0 Å². The minimum atomic E-state index is -0.446. The molecule has 2 rings (SSSR count). The Kier molecular flexibility index (Phi) is 7.45. The highest BCUT2D eigenvalue weighted by atomic mass is 35.5. The molecule has 0 heterocycles. The first-order valence-electron chi connectivity index (χ1n) is 8.73. The zero-order chi connectivity index (χ0) is 20.0. The maximum absolute atomic E-state index is 13.1. The average molecular weight is 396 g/mol. The second kappa shape index (κ2) is 9.58. The van der Waals surface area contributed by atoms with Gasteiger partial charge in [0, 0.05) is 5.56 Å². The van der Waals surface area contributed by atoms with Crippen LogP contribution in [-0.4, -0.2) is 32.7 Å². The van der Waals surface area contributed by atoms with Gasteiger partial charge in [0.1, 0.15) is 12.4 Å². The van der Waals surface area contributed by atoms with Crippen LogP contribution in [0.25, 0.3) is 0 Å². The molecule has 5 nitrogen and oxygen atoms in total. The molecule has 0 aliphatic rings. The van der Waals surface area contributed by atoms with E-state index in [4.69, 9.17) is 21.1 Å². The summed E-state index contributed by atoms with van der Waals surface area (Å²) >= 11 is 5.97. The monoisotopic (exact) mass is 395 g/mol. The lowest BCUT2D eigenvalue weighted by atomic mass is 10.1. The highest BCUT2D eigenvalue weighted by Gasteiger charge is 2.23. The summed E-state index contributed by atoms with van der Waals surface area (Å²) in [6, 6.07) is 9.28. The second-order valence-corrected chi connectivity index (χ2v) is 6.68. The fourth-order valence-corrected chi connectivity index (χ4v) is 2.84. The molecule has 0 saturated heterocycles. The van der Waals surface area contributed by atoms with E-state index in [1.807, 2.05) is 39.1 Å². The Balaban J connectivity index is 2.04. The third-order valence-corrected chi connectivity index (χ3v) is 4.65. The van der Waals surface area contributed by atoms with Crippen molar-refractivity contribution < 1.29 is 23.6 Å². The molecule has 1 unspecified atom stereocenters. The van der Waals surface area contributed by atoms with E-state index in [-0.39, 0.29) is 17.0 Å². The lowest BCUT2D eigenvalue weighted by Crippen LogP contribution is -3.12. The molecule has 0 fully saturated rings. The molecule has 0 aromatic heterocycles. The molecule has 2 atom stereocenters. The number of nitrogens with one attached hydrogen (secondary N) is 2. The summed E-state index contributed by atoms with van der Waals surface area (Å²) in [7, 11) is 3.53. The normalized spacial score (nSPS) is 13.0. The highest BCUT2D eigenvalue weighted by Crippen LogP contribution is 2.27. The molecule has 2 aromatic rings. The van der Waals surface area contributed by atoms with Crippen LogP contribution >= 0.6 is 11.6 Å². The zero-order valence-electron chi connectivity index (χ0n) is 15.9. The number of carbonyl (C=O) groups is 1. The summed E-state index contributed by atoms with van der Waals surface area (Å²) in [6.07, 6.45) is 0. The molecule has 0 radical (unpaired) electrons. The molecule has 0 aliphatic heterocycles. The number of ether oxygens (including phenoxy) is 2. The summed E-state index contributed by atoms with van der Waals surface area (Å²) in [4.78, 5) is 13.5. The molecule has 27 heavy (non-hydrogen) atoms. The Hall–Kier alpha value is -2.31. The standard InChI is InChI=1S/C20H24ClFN2O3/c1-5-27-18-9-6-14(10-19(18)26-4)12-24(3)13(2)20(25)23-17-8-7-15(22)11-16(17)21/h6-11,13H,5,12H2,1-4H3,(H,23,25)/p+1/t13-/m0/s1. The van der Waals surface area contributed by atoms with Crippen LogP contribution in [0.5, 0.6) is 11.5 Å². The molecule has 0 bridgehead atoms. The van der Waals surface area contributed by atoms with Crippen LogP contribution in [0.15, 0.2) is 36.4 Å². The van der Waals surface area contributed by atoms with Gasteiger partial charge in [0.2, 0.25) is 0 Å². The van der Waals surface area contributed by atoms with Gasteiger partial charge in [-0.25, -0.2) is 4.39 Å². The number of likely N-dealkylation sites (N-methyl/N-ethyl adjacent to an activating group) is 1. The third-order valence-electron chi connectivity index (χ3n) is 4.33. The summed E-state index contributed by atoms with van der Waals surface area (Å²) in [6.45, 7) is 4.92. The number of anilines is 1. The number of carbonyl (C=O) groups excluding carboxylic acids is 1. The molecule has 146 valence electrons. The van der Waals surface area contributed by atoms with Gasteiger partial charge in [-0.05, 0) is 50.2 Å². The largest absolute Gasteiger partial charge is 0.493 e. The van der Waals surface area contributed by atoms with Crippen molar-refractivity contribution in [3.63, 3.8) is 0 Å². The first-order chi connectivity index (χ1) is 12.8. The number of methoxy groups -OCH3 is 1. The fraction of sp³-hybridized carbons (Fsp3) is 0.350. The number of halogens is 2. The first kappa shape index (κ1) is 21.0. The van der Waals surface area contributed by atoms with Gasteiger partial charge < -0.3 is 19.7 Å². The number of quaternary nitrogens is 1. The molecule has 7 heteroatoms. The van der Waals surface area contributed by atoms with Crippen LogP contribution in [0.4, 0.5) is 10.1 Å². The highest BCUT2D eigenvalue weighted by molar-refractivity contribution is 6.33. The molecule has 2 N–H and O–H groups in total. The number of rotatable bonds is 8. The second-order valence-electron chi connectivity index (χ2n) is 6.28. The Bertz CT molecular complexity index is 801. The predicted octanol–water partition coefficient (Wildman–Crippen LogP) is 2.93. The Morgan fingerprint density at radius 1 is 1.26 bits per heavy atom. The number of hydrogen-bond donors (Lipinski definition) is 2. The van der Waals surface area contributed by atoms with E-state index in [1.165, 1.54) is 18.2 Å². The molecule has 1 amide bonds. The van der Waals surface area contributed by atoms with E-state index in [9.17, 15) is 9.18 Å². The SMILES string of the molecule is CCOc1ccc(C[NH+](C)[C@@H](C)C(=O)Nc2ccc(F)cc2Cl)cc1OC. The van der Waals surface area contributed by atoms with Crippen molar-refractivity contribution in [3.8, 4) is 11.5 Å². The maximum Gasteiger partial charge on any atom is 0.282 e. The zero-order valence-corrected chi connectivity index (χ0v) is 16.7. The quantitative estimate of drug-likeness (QED) is 0.722. The van der Waals surface area contributed by atoms with Crippen LogP contribution in [0, 0.1) is 5.82 Å². The Morgan fingerprint density at radius 3 is 2.63 bits per heavy atom.